The Kier molecular flexibility index (Phi) is 12.6. The number of anilines is 2. The molecule has 3 aromatic carbocycles. The quantitative estimate of drug-likeness (QED) is 0.189. The first-order chi connectivity index (χ1) is 23.7. The number of pyridine rings is 1. The van der Waals surface area contributed by atoms with Crippen LogP contribution in [-0.4, -0.2) is 83.4 Å². The molecule has 0 fully saturated rings. The molecule has 0 saturated carbocycles. The minimum Gasteiger partial charge on any atom is -0.490 e. The van der Waals surface area contributed by atoms with E-state index in [0.717, 1.165) is 42.1 Å². The van der Waals surface area contributed by atoms with E-state index in [-0.39, 0.29) is 30.6 Å². The highest BCUT2D eigenvalue weighted by molar-refractivity contribution is 6.07. The normalized spacial score (nSPS) is 19.8. The minimum absolute atomic E-state index is 0.0446. The number of benzene rings is 3. The van der Waals surface area contributed by atoms with Gasteiger partial charge in [0, 0.05) is 55.6 Å². The molecule has 10 nitrogen and oxygen atoms in total. The van der Waals surface area contributed by atoms with Crippen LogP contribution in [0.4, 0.5) is 16.2 Å². The summed E-state index contributed by atoms with van der Waals surface area (Å²) < 4.78 is 12.8. The first-order valence-corrected chi connectivity index (χ1v) is 17.2. The lowest BCUT2D eigenvalue weighted by Gasteiger charge is -2.36. The van der Waals surface area contributed by atoms with Gasteiger partial charge in [-0.1, -0.05) is 43.3 Å². The van der Waals surface area contributed by atoms with Crippen LogP contribution >= 0.6 is 0 Å². The third-order valence-corrected chi connectivity index (χ3v) is 9.04. The largest absolute Gasteiger partial charge is 0.490 e. The molecule has 3 amide bonds. The number of aliphatic hydroxyl groups is 1. The van der Waals surface area contributed by atoms with Crippen molar-refractivity contribution in [2.24, 2.45) is 5.92 Å². The van der Waals surface area contributed by atoms with Gasteiger partial charge in [-0.05, 0) is 87.5 Å². The monoisotopic (exact) mass is 667 g/mol. The molecule has 10 heteroatoms. The van der Waals surface area contributed by atoms with Crippen LogP contribution in [0, 0.1) is 5.92 Å². The number of aromatic nitrogens is 1. The van der Waals surface area contributed by atoms with E-state index in [1.54, 1.807) is 35.5 Å². The van der Waals surface area contributed by atoms with Crippen LogP contribution in [0.5, 0.6) is 5.75 Å². The molecule has 1 aliphatic heterocycles. The number of nitrogens with zero attached hydrogens (tertiary/aromatic N) is 3. The maximum atomic E-state index is 14.5. The van der Waals surface area contributed by atoms with E-state index >= 15 is 0 Å². The third-order valence-electron chi connectivity index (χ3n) is 9.04. The molecular formula is C39H49N5O5. The van der Waals surface area contributed by atoms with Crippen LogP contribution in [0.15, 0.2) is 85.2 Å². The number of carbonyl (C=O) groups excluding carboxylic acids is 2. The Hall–Kier alpha value is -4.51. The number of likely N-dealkylation sites (N-methyl/N-ethyl adjacent to an activating group) is 1. The van der Waals surface area contributed by atoms with Crippen LogP contribution in [0.3, 0.4) is 0 Å². The zero-order valence-electron chi connectivity index (χ0n) is 29.0. The Morgan fingerprint density at radius 3 is 2.61 bits per heavy atom. The number of urea groups is 1. The number of carbonyl (C=O) groups is 2. The van der Waals surface area contributed by atoms with E-state index in [0.29, 0.717) is 42.4 Å². The van der Waals surface area contributed by atoms with Gasteiger partial charge in [0.1, 0.15) is 5.75 Å². The topological polar surface area (TPSA) is 116 Å². The average molecular weight is 668 g/mol. The van der Waals surface area contributed by atoms with Gasteiger partial charge in [0.15, 0.2) is 0 Å². The number of hydrogen-bond acceptors (Lipinski definition) is 7. The maximum absolute atomic E-state index is 14.5. The van der Waals surface area contributed by atoms with Crippen molar-refractivity contribution in [3.05, 3.63) is 96.3 Å². The van der Waals surface area contributed by atoms with E-state index in [1.165, 1.54) is 0 Å². The van der Waals surface area contributed by atoms with Gasteiger partial charge >= 0.3 is 6.03 Å². The summed E-state index contributed by atoms with van der Waals surface area (Å²) in [6.45, 7) is 8.12. The second-order valence-electron chi connectivity index (χ2n) is 13.2. The highest BCUT2D eigenvalue weighted by atomic mass is 16.5. The number of nitrogens with one attached hydrogen (secondary N) is 2. The summed E-state index contributed by atoms with van der Waals surface area (Å²) in [5.41, 5.74) is 2.62. The van der Waals surface area contributed by atoms with Crippen LogP contribution in [0.2, 0.25) is 0 Å². The fourth-order valence-electron chi connectivity index (χ4n) is 6.25. The number of amides is 3. The van der Waals surface area contributed by atoms with Crippen molar-refractivity contribution in [3.8, 4) is 5.75 Å². The second kappa shape index (κ2) is 17.2. The Labute approximate surface area is 289 Å². The van der Waals surface area contributed by atoms with Crippen molar-refractivity contribution in [3.63, 3.8) is 0 Å². The van der Waals surface area contributed by atoms with Crippen LogP contribution < -0.4 is 15.4 Å². The summed E-state index contributed by atoms with van der Waals surface area (Å²) >= 11 is 0. The molecular weight excluding hydrogens is 618 g/mol. The molecule has 0 aliphatic carbocycles. The van der Waals surface area contributed by atoms with Crippen molar-refractivity contribution in [2.75, 3.05) is 44.0 Å². The average Bonchev–Trinajstić information content (AvgIpc) is 3.10. The lowest BCUT2D eigenvalue weighted by atomic mass is 10.0. The van der Waals surface area contributed by atoms with Gasteiger partial charge in [-0.3, -0.25) is 14.7 Å². The van der Waals surface area contributed by atoms with Gasteiger partial charge in [-0.25, -0.2) is 4.79 Å². The summed E-state index contributed by atoms with van der Waals surface area (Å²) in [5.74, 6) is 0.119. The second-order valence-corrected chi connectivity index (χ2v) is 13.2. The van der Waals surface area contributed by atoms with E-state index < -0.39 is 12.1 Å². The molecule has 3 N–H and O–H groups in total. The number of fused-ring (bicyclic) bond motifs is 2. The van der Waals surface area contributed by atoms with Crippen LogP contribution in [0.25, 0.3) is 10.8 Å². The van der Waals surface area contributed by atoms with E-state index in [9.17, 15) is 14.7 Å². The van der Waals surface area contributed by atoms with Gasteiger partial charge in [-0.2, -0.15) is 0 Å². The highest BCUT2D eigenvalue weighted by Crippen LogP contribution is 2.29. The van der Waals surface area contributed by atoms with E-state index in [2.05, 4.69) is 34.5 Å². The number of ether oxygens (including phenoxy) is 2. The van der Waals surface area contributed by atoms with Gasteiger partial charge in [0.2, 0.25) is 0 Å². The molecule has 4 aromatic rings. The molecule has 260 valence electrons. The molecule has 4 atom stereocenters. The Bertz CT molecular complexity index is 1680. The standard InChI is InChI=1S/C39H49N5O5/c1-27-23-44(28(2)26-45)38(46)34-22-32(41-39(47)42-35-14-9-12-31-11-5-6-13-33(31)35)15-16-36(34)49-29(3)10-7-8-21-48-37(27)25-43(4)24-30-17-19-40-20-18-30/h5-6,9,11-20,22,27-29,37,45H,7-8,10,21,23-26H2,1-4H3,(H2,41,42,47)/t27-,28+,29-,37-/m1/s1. The van der Waals surface area contributed by atoms with Crippen molar-refractivity contribution in [1.29, 1.82) is 0 Å². The fourth-order valence-corrected chi connectivity index (χ4v) is 6.25. The minimum atomic E-state index is -0.463. The first-order valence-electron chi connectivity index (χ1n) is 17.2. The summed E-state index contributed by atoms with van der Waals surface area (Å²) in [7, 11) is 2.07. The molecule has 5 rings (SSSR count). The Morgan fingerprint density at radius 1 is 1.04 bits per heavy atom. The summed E-state index contributed by atoms with van der Waals surface area (Å²) in [5, 5.41) is 18.1. The molecule has 0 spiro atoms. The lowest BCUT2D eigenvalue weighted by molar-refractivity contribution is -0.0177. The highest BCUT2D eigenvalue weighted by Gasteiger charge is 2.30. The summed E-state index contributed by atoms with van der Waals surface area (Å²) in [6.07, 6.45) is 5.91. The number of hydrogen-bond donors (Lipinski definition) is 3. The molecule has 0 saturated heterocycles. The van der Waals surface area contributed by atoms with E-state index in [4.69, 9.17) is 9.47 Å². The predicted octanol–water partition coefficient (Wildman–Crippen LogP) is 6.81. The summed E-state index contributed by atoms with van der Waals surface area (Å²) in [6, 6.07) is 21.9. The fraction of sp³-hybridized carbons (Fsp3) is 0.410. The molecule has 2 heterocycles. The van der Waals surface area contributed by atoms with Crippen LogP contribution in [-0.2, 0) is 11.3 Å². The molecule has 0 unspecified atom stereocenters. The SMILES string of the molecule is C[C@@H]1CCCCO[C@H](CN(C)Cc2ccncc2)[C@H](C)CN([C@@H](C)CO)C(=O)c2cc(NC(=O)Nc3cccc4ccccc34)ccc2O1. The van der Waals surface area contributed by atoms with E-state index in [1.807, 2.05) is 68.4 Å². The first kappa shape index (κ1) is 35.8. The van der Waals surface area contributed by atoms with Gasteiger partial charge < -0.3 is 30.1 Å². The predicted molar refractivity (Wildman–Crippen MR) is 194 cm³/mol. The molecule has 49 heavy (non-hydrogen) atoms. The Balaban J connectivity index is 1.39. The zero-order chi connectivity index (χ0) is 34.8. The number of rotatable bonds is 8. The zero-order valence-corrected chi connectivity index (χ0v) is 29.0. The summed E-state index contributed by atoms with van der Waals surface area (Å²) in [4.78, 5) is 35.7. The van der Waals surface area contributed by atoms with Crippen molar-refractivity contribution in [1.82, 2.24) is 14.8 Å². The molecule has 0 bridgehead atoms. The third kappa shape index (κ3) is 9.78. The number of aliphatic hydroxyl groups excluding tert-OH is 1. The van der Waals surface area contributed by atoms with Crippen molar-refractivity contribution in [2.45, 2.75) is 64.8 Å². The molecule has 0 radical (unpaired) electrons. The van der Waals surface area contributed by atoms with Crippen LogP contribution in [0.1, 0.15) is 56.0 Å². The molecule has 1 aromatic heterocycles. The Morgan fingerprint density at radius 2 is 1.82 bits per heavy atom. The smallest absolute Gasteiger partial charge is 0.323 e. The lowest BCUT2D eigenvalue weighted by Crippen LogP contribution is -2.47. The molecule has 1 aliphatic rings. The van der Waals surface area contributed by atoms with Gasteiger partial charge in [0.25, 0.3) is 5.91 Å². The van der Waals surface area contributed by atoms with Crippen molar-refractivity contribution < 1.29 is 24.2 Å². The van der Waals surface area contributed by atoms with Gasteiger partial charge in [0.05, 0.1) is 36.1 Å². The van der Waals surface area contributed by atoms with Crippen molar-refractivity contribution >= 4 is 34.1 Å². The van der Waals surface area contributed by atoms with Gasteiger partial charge in [-0.15, -0.1) is 0 Å². The maximum Gasteiger partial charge on any atom is 0.323 e.